The van der Waals surface area contributed by atoms with E-state index in [-0.39, 0.29) is 5.91 Å². The highest BCUT2D eigenvalue weighted by Crippen LogP contribution is 2.19. The summed E-state index contributed by atoms with van der Waals surface area (Å²) in [6.45, 7) is 7.69. The van der Waals surface area contributed by atoms with Crippen LogP contribution in [-0.2, 0) is 6.42 Å². The molecule has 0 bridgehead atoms. The Labute approximate surface area is 193 Å². The van der Waals surface area contributed by atoms with Crippen molar-refractivity contribution in [1.82, 2.24) is 29.8 Å². The van der Waals surface area contributed by atoms with Crippen molar-refractivity contribution < 1.29 is 4.79 Å². The van der Waals surface area contributed by atoms with Crippen LogP contribution >= 0.6 is 0 Å². The lowest BCUT2D eigenvalue weighted by Crippen LogP contribution is -2.34. The Bertz CT molecular complexity index is 1180. The van der Waals surface area contributed by atoms with E-state index >= 15 is 0 Å². The highest BCUT2D eigenvalue weighted by atomic mass is 16.1. The van der Waals surface area contributed by atoms with Crippen LogP contribution in [0.4, 0.5) is 11.5 Å². The third kappa shape index (κ3) is 5.72. The molecule has 33 heavy (non-hydrogen) atoms. The van der Waals surface area contributed by atoms with Crippen molar-refractivity contribution in [2.75, 3.05) is 31.5 Å². The second-order valence-corrected chi connectivity index (χ2v) is 7.75. The number of hydrogen-bond acceptors (Lipinski definition) is 6. The summed E-state index contributed by atoms with van der Waals surface area (Å²) >= 11 is 0. The molecular weight excluding hydrogens is 414 g/mol. The second-order valence-electron chi connectivity index (χ2n) is 7.75. The van der Waals surface area contributed by atoms with E-state index in [1.807, 2.05) is 48.5 Å². The molecule has 170 valence electrons. The standard InChI is InChI=1S/C25H29N7O/c1-3-31(4-2)15-14-26-24(33)20-10-12-21(13-11-20)29-23-17-22(16-19-8-6-5-7-9-19)32-25(30-23)27-18-28-32/h5-13,17-18H,3-4,14-16H2,1-2H3,(H,26,33)(H,27,28,29,30). The fourth-order valence-corrected chi connectivity index (χ4v) is 3.69. The maximum Gasteiger partial charge on any atom is 0.254 e. The maximum absolute atomic E-state index is 12.4. The van der Waals surface area contributed by atoms with Gasteiger partial charge in [-0.15, -0.1) is 0 Å². The van der Waals surface area contributed by atoms with Gasteiger partial charge in [-0.25, -0.2) is 4.52 Å². The molecule has 0 spiro atoms. The summed E-state index contributed by atoms with van der Waals surface area (Å²) in [4.78, 5) is 23.5. The van der Waals surface area contributed by atoms with Crippen LogP contribution in [0.25, 0.3) is 5.78 Å². The molecule has 0 saturated carbocycles. The van der Waals surface area contributed by atoms with Crippen LogP contribution in [0.3, 0.4) is 0 Å². The Morgan fingerprint density at radius 3 is 2.52 bits per heavy atom. The van der Waals surface area contributed by atoms with Crippen molar-refractivity contribution in [3.63, 3.8) is 0 Å². The van der Waals surface area contributed by atoms with Crippen LogP contribution in [0.5, 0.6) is 0 Å². The summed E-state index contributed by atoms with van der Waals surface area (Å²) in [6.07, 6.45) is 2.22. The highest BCUT2D eigenvalue weighted by Gasteiger charge is 2.10. The van der Waals surface area contributed by atoms with Gasteiger partial charge in [-0.3, -0.25) is 4.79 Å². The minimum absolute atomic E-state index is 0.0677. The van der Waals surface area contributed by atoms with Gasteiger partial charge in [0.15, 0.2) is 0 Å². The van der Waals surface area contributed by atoms with Crippen molar-refractivity contribution in [3.05, 3.63) is 83.8 Å². The Morgan fingerprint density at radius 1 is 1.03 bits per heavy atom. The minimum Gasteiger partial charge on any atom is -0.351 e. The number of amides is 1. The van der Waals surface area contributed by atoms with Crippen LogP contribution in [0.2, 0.25) is 0 Å². The largest absolute Gasteiger partial charge is 0.351 e. The van der Waals surface area contributed by atoms with E-state index in [0.29, 0.717) is 30.1 Å². The van der Waals surface area contributed by atoms with Gasteiger partial charge in [0.25, 0.3) is 11.7 Å². The average Bonchev–Trinajstić information content (AvgIpc) is 3.32. The Hall–Kier alpha value is -3.78. The Kier molecular flexibility index (Phi) is 7.26. The minimum atomic E-state index is -0.0677. The predicted octanol–water partition coefficient (Wildman–Crippen LogP) is 3.53. The molecule has 0 aliphatic rings. The zero-order chi connectivity index (χ0) is 23.0. The fraction of sp³-hybridized carbons (Fsp3) is 0.280. The van der Waals surface area contributed by atoms with Gasteiger partial charge in [-0.2, -0.15) is 15.1 Å². The van der Waals surface area contributed by atoms with Crippen molar-refractivity contribution in [2.24, 2.45) is 0 Å². The van der Waals surface area contributed by atoms with E-state index < -0.39 is 0 Å². The first-order valence-electron chi connectivity index (χ1n) is 11.3. The van der Waals surface area contributed by atoms with E-state index in [0.717, 1.165) is 31.0 Å². The van der Waals surface area contributed by atoms with Crippen LogP contribution < -0.4 is 10.6 Å². The normalized spacial score (nSPS) is 11.1. The quantitative estimate of drug-likeness (QED) is 0.390. The summed E-state index contributed by atoms with van der Waals surface area (Å²) in [7, 11) is 0. The number of aromatic nitrogens is 4. The molecular formula is C25H29N7O. The van der Waals surface area contributed by atoms with Crippen LogP contribution in [-0.4, -0.2) is 56.6 Å². The molecule has 8 nitrogen and oxygen atoms in total. The Morgan fingerprint density at radius 2 is 1.79 bits per heavy atom. The predicted molar refractivity (Wildman–Crippen MR) is 130 cm³/mol. The van der Waals surface area contributed by atoms with Gasteiger partial charge in [0.2, 0.25) is 0 Å². The van der Waals surface area contributed by atoms with Crippen LogP contribution in [0, 0.1) is 0 Å². The lowest BCUT2D eigenvalue weighted by molar-refractivity contribution is 0.0949. The topological polar surface area (TPSA) is 87.5 Å². The zero-order valence-corrected chi connectivity index (χ0v) is 19.0. The number of anilines is 2. The van der Waals surface area contributed by atoms with Crippen LogP contribution in [0.1, 0.15) is 35.5 Å². The van der Waals surface area contributed by atoms with Gasteiger partial charge in [0.1, 0.15) is 12.1 Å². The number of benzene rings is 2. The average molecular weight is 444 g/mol. The van der Waals surface area contributed by atoms with Gasteiger partial charge in [-0.1, -0.05) is 44.2 Å². The molecule has 4 aromatic rings. The second kappa shape index (κ2) is 10.7. The SMILES string of the molecule is CCN(CC)CCNC(=O)c1ccc(Nc2cc(Cc3ccccc3)n3ncnc3n2)cc1. The lowest BCUT2D eigenvalue weighted by Gasteiger charge is -2.18. The van der Waals surface area contributed by atoms with E-state index in [1.54, 1.807) is 4.52 Å². The summed E-state index contributed by atoms with van der Waals surface area (Å²) in [6, 6.07) is 19.6. The molecule has 0 saturated heterocycles. The van der Waals surface area contributed by atoms with E-state index in [4.69, 9.17) is 0 Å². The fourth-order valence-electron chi connectivity index (χ4n) is 3.69. The first-order chi connectivity index (χ1) is 16.2. The molecule has 8 heteroatoms. The van der Waals surface area contributed by atoms with Gasteiger partial charge >= 0.3 is 0 Å². The number of nitrogens with zero attached hydrogens (tertiary/aromatic N) is 5. The van der Waals surface area contributed by atoms with E-state index in [1.165, 1.54) is 11.9 Å². The number of nitrogens with one attached hydrogen (secondary N) is 2. The number of carbonyl (C=O) groups excluding carboxylic acids is 1. The monoisotopic (exact) mass is 443 g/mol. The van der Waals surface area contributed by atoms with Crippen molar-refractivity contribution in [3.8, 4) is 0 Å². The van der Waals surface area contributed by atoms with E-state index in [2.05, 4.69) is 56.6 Å². The smallest absolute Gasteiger partial charge is 0.254 e. The molecule has 0 radical (unpaired) electrons. The van der Waals surface area contributed by atoms with Gasteiger partial charge < -0.3 is 15.5 Å². The third-order valence-corrected chi connectivity index (χ3v) is 5.58. The maximum atomic E-state index is 12.4. The number of likely N-dealkylation sites (N-methyl/N-ethyl adjacent to an activating group) is 1. The number of carbonyl (C=O) groups is 1. The first kappa shape index (κ1) is 22.4. The molecule has 0 aliphatic carbocycles. The van der Waals surface area contributed by atoms with Crippen molar-refractivity contribution in [2.45, 2.75) is 20.3 Å². The number of fused-ring (bicyclic) bond motifs is 1. The molecule has 4 rings (SSSR count). The number of hydrogen-bond donors (Lipinski definition) is 2. The Balaban J connectivity index is 1.43. The van der Waals surface area contributed by atoms with Crippen LogP contribution in [0.15, 0.2) is 67.0 Å². The van der Waals surface area contributed by atoms with Gasteiger partial charge in [0, 0.05) is 36.8 Å². The van der Waals surface area contributed by atoms with Crippen molar-refractivity contribution in [1.29, 1.82) is 0 Å². The summed E-state index contributed by atoms with van der Waals surface area (Å²) in [5.74, 6) is 1.15. The summed E-state index contributed by atoms with van der Waals surface area (Å²) in [5.41, 5.74) is 3.64. The third-order valence-electron chi connectivity index (χ3n) is 5.58. The molecule has 0 fully saturated rings. The summed E-state index contributed by atoms with van der Waals surface area (Å²) in [5, 5.41) is 10.6. The molecule has 2 heterocycles. The lowest BCUT2D eigenvalue weighted by atomic mass is 10.1. The van der Waals surface area contributed by atoms with Crippen molar-refractivity contribution >= 4 is 23.2 Å². The zero-order valence-electron chi connectivity index (χ0n) is 19.0. The van der Waals surface area contributed by atoms with E-state index in [9.17, 15) is 4.79 Å². The molecule has 2 N–H and O–H groups in total. The van der Waals surface area contributed by atoms with Gasteiger partial charge in [-0.05, 0) is 42.9 Å². The molecule has 0 unspecified atom stereocenters. The molecule has 2 aromatic carbocycles. The summed E-state index contributed by atoms with van der Waals surface area (Å²) < 4.78 is 1.75. The van der Waals surface area contributed by atoms with Gasteiger partial charge in [0.05, 0.1) is 5.69 Å². The molecule has 0 aliphatic heterocycles. The first-order valence-corrected chi connectivity index (χ1v) is 11.3. The molecule has 1 amide bonds. The highest BCUT2D eigenvalue weighted by molar-refractivity contribution is 5.94. The molecule has 0 atom stereocenters. The number of rotatable bonds is 10. The molecule has 2 aromatic heterocycles.